The topological polar surface area (TPSA) is 68.1 Å². The van der Waals surface area contributed by atoms with Crippen LogP contribution in [0.1, 0.15) is 18.5 Å². The van der Waals surface area contributed by atoms with Crippen molar-refractivity contribution in [3.05, 3.63) is 63.3 Å². The normalized spacial score (nSPS) is 11.9. The van der Waals surface area contributed by atoms with E-state index in [0.29, 0.717) is 0 Å². The van der Waals surface area contributed by atoms with Gasteiger partial charge in [-0.2, -0.15) is 0 Å². The molecule has 0 saturated carbocycles. The predicted octanol–water partition coefficient (Wildman–Crippen LogP) is 3.82. The largest absolute Gasteiger partial charge is 0.358 e. The van der Waals surface area contributed by atoms with Gasteiger partial charge in [0, 0.05) is 6.07 Å². The Hall–Kier alpha value is -2.14. The number of rotatable bonds is 4. The Morgan fingerprint density at radius 2 is 1.95 bits per heavy atom. The molecule has 0 spiro atoms. The molecule has 0 amide bonds. The van der Waals surface area contributed by atoms with Gasteiger partial charge < -0.3 is 5.32 Å². The maximum absolute atomic E-state index is 10.9. The van der Waals surface area contributed by atoms with E-state index >= 15 is 0 Å². The Kier molecular flexibility index (Phi) is 3.97. The molecule has 6 heteroatoms. The highest BCUT2D eigenvalue weighted by molar-refractivity contribution is 6.29. The van der Waals surface area contributed by atoms with Crippen LogP contribution in [0.15, 0.2) is 42.5 Å². The van der Waals surface area contributed by atoms with Gasteiger partial charge in [0.15, 0.2) is 0 Å². The number of benzene rings is 1. The standard InChI is InChI=1S/C13H12ClN3O2/c1-9(10-5-3-2-4-6-10)15-13-11(17(18)19)7-8-12(14)16-13/h2-9H,1H3,(H,15,16)/t9-/m1/s1. The molecule has 19 heavy (non-hydrogen) atoms. The van der Waals surface area contributed by atoms with Crippen LogP contribution < -0.4 is 5.32 Å². The minimum Gasteiger partial charge on any atom is -0.358 e. The Balaban J connectivity index is 2.28. The molecule has 1 aromatic heterocycles. The zero-order valence-corrected chi connectivity index (χ0v) is 11.0. The van der Waals surface area contributed by atoms with Crippen LogP contribution >= 0.6 is 11.6 Å². The van der Waals surface area contributed by atoms with E-state index < -0.39 is 4.92 Å². The first-order valence-corrected chi connectivity index (χ1v) is 6.08. The molecule has 0 radical (unpaired) electrons. The third-order valence-electron chi connectivity index (χ3n) is 2.69. The van der Waals surface area contributed by atoms with Crippen LogP contribution in [0.4, 0.5) is 11.5 Å². The number of hydrogen-bond donors (Lipinski definition) is 1. The minimum atomic E-state index is -0.483. The van der Waals surface area contributed by atoms with E-state index in [9.17, 15) is 10.1 Å². The predicted molar refractivity (Wildman–Crippen MR) is 74.4 cm³/mol. The molecule has 0 fully saturated rings. The molecule has 1 atom stereocenters. The van der Waals surface area contributed by atoms with E-state index in [1.54, 1.807) is 0 Å². The van der Waals surface area contributed by atoms with E-state index in [2.05, 4.69) is 10.3 Å². The summed E-state index contributed by atoms with van der Waals surface area (Å²) in [5.74, 6) is 0.175. The quantitative estimate of drug-likeness (QED) is 0.524. The Bertz CT molecular complexity index is 590. The Morgan fingerprint density at radius 1 is 1.26 bits per heavy atom. The molecule has 0 unspecified atom stereocenters. The number of aromatic nitrogens is 1. The second-order valence-corrected chi connectivity index (χ2v) is 4.42. The van der Waals surface area contributed by atoms with Gasteiger partial charge in [-0.3, -0.25) is 10.1 Å². The van der Waals surface area contributed by atoms with Gasteiger partial charge in [0.2, 0.25) is 5.82 Å². The first kappa shape index (κ1) is 13.3. The summed E-state index contributed by atoms with van der Waals surface area (Å²) < 4.78 is 0. The van der Waals surface area contributed by atoms with Crippen LogP contribution in [0.25, 0.3) is 0 Å². The van der Waals surface area contributed by atoms with Crippen molar-refractivity contribution in [2.75, 3.05) is 5.32 Å². The lowest BCUT2D eigenvalue weighted by molar-refractivity contribution is -0.384. The number of hydrogen-bond acceptors (Lipinski definition) is 4. The maximum Gasteiger partial charge on any atom is 0.311 e. The zero-order valence-electron chi connectivity index (χ0n) is 10.2. The van der Waals surface area contributed by atoms with Gasteiger partial charge in [-0.05, 0) is 18.6 Å². The van der Waals surface area contributed by atoms with Crippen LogP contribution in [0.5, 0.6) is 0 Å². The number of nitrogens with zero attached hydrogens (tertiary/aromatic N) is 2. The SMILES string of the molecule is C[C@@H](Nc1nc(Cl)ccc1[N+](=O)[O-])c1ccccc1. The van der Waals surface area contributed by atoms with Gasteiger partial charge in [0.05, 0.1) is 11.0 Å². The molecule has 0 aliphatic heterocycles. The summed E-state index contributed by atoms with van der Waals surface area (Å²) in [6.45, 7) is 1.90. The Morgan fingerprint density at radius 3 is 2.58 bits per heavy atom. The summed E-state index contributed by atoms with van der Waals surface area (Å²) >= 11 is 5.78. The molecule has 0 aliphatic rings. The molecule has 0 bridgehead atoms. The summed E-state index contributed by atoms with van der Waals surface area (Å²) in [7, 11) is 0. The van der Waals surface area contributed by atoms with Crippen molar-refractivity contribution in [3.63, 3.8) is 0 Å². The lowest BCUT2D eigenvalue weighted by atomic mass is 10.1. The molecular formula is C13H12ClN3O2. The number of nitrogens with one attached hydrogen (secondary N) is 1. The second-order valence-electron chi connectivity index (χ2n) is 4.04. The van der Waals surface area contributed by atoms with E-state index in [-0.39, 0.29) is 22.7 Å². The molecule has 0 saturated heterocycles. The molecule has 1 aromatic carbocycles. The minimum absolute atomic E-state index is 0.0906. The monoisotopic (exact) mass is 277 g/mol. The van der Waals surface area contributed by atoms with Gasteiger partial charge in [-0.25, -0.2) is 4.98 Å². The van der Waals surface area contributed by atoms with Gasteiger partial charge in [0.1, 0.15) is 5.15 Å². The molecule has 1 heterocycles. The first-order valence-electron chi connectivity index (χ1n) is 5.70. The van der Waals surface area contributed by atoms with Crippen LogP contribution in [0.3, 0.4) is 0 Å². The zero-order chi connectivity index (χ0) is 13.8. The number of halogens is 1. The van der Waals surface area contributed by atoms with Crippen molar-refractivity contribution in [1.82, 2.24) is 4.98 Å². The van der Waals surface area contributed by atoms with Crippen LogP contribution in [0.2, 0.25) is 5.15 Å². The third kappa shape index (κ3) is 3.20. The van der Waals surface area contributed by atoms with Crippen LogP contribution in [0, 0.1) is 10.1 Å². The molecular weight excluding hydrogens is 266 g/mol. The highest BCUT2D eigenvalue weighted by Gasteiger charge is 2.17. The fourth-order valence-electron chi connectivity index (χ4n) is 1.71. The van der Waals surface area contributed by atoms with Crippen molar-refractivity contribution in [3.8, 4) is 0 Å². The highest BCUT2D eigenvalue weighted by atomic mass is 35.5. The van der Waals surface area contributed by atoms with E-state index in [0.717, 1.165) is 5.56 Å². The summed E-state index contributed by atoms with van der Waals surface area (Å²) in [5.41, 5.74) is 0.922. The average Bonchev–Trinajstić information content (AvgIpc) is 2.39. The second kappa shape index (κ2) is 5.67. The van der Waals surface area contributed by atoms with Crippen molar-refractivity contribution in [1.29, 1.82) is 0 Å². The molecule has 2 aromatic rings. The number of pyridine rings is 1. The summed E-state index contributed by atoms with van der Waals surface area (Å²) in [5, 5.41) is 14.2. The lowest BCUT2D eigenvalue weighted by Gasteiger charge is -2.14. The molecule has 2 rings (SSSR count). The van der Waals surface area contributed by atoms with Gasteiger partial charge in [-0.1, -0.05) is 41.9 Å². The van der Waals surface area contributed by atoms with Crippen molar-refractivity contribution >= 4 is 23.1 Å². The lowest BCUT2D eigenvalue weighted by Crippen LogP contribution is -2.09. The van der Waals surface area contributed by atoms with E-state index in [4.69, 9.17) is 11.6 Å². The third-order valence-corrected chi connectivity index (χ3v) is 2.90. The van der Waals surface area contributed by atoms with Crippen molar-refractivity contribution in [2.45, 2.75) is 13.0 Å². The fraction of sp³-hybridized carbons (Fsp3) is 0.154. The van der Waals surface area contributed by atoms with E-state index in [1.165, 1.54) is 12.1 Å². The molecule has 1 N–H and O–H groups in total. The van der Waals surface area contributed by atoms with Gasteiger partial charge in [0.25, 0.3) is 0 Å². The first-order chi connectivity index (χ1) is 9.08. The summed E-state index contributed by atoms with van der Waals surface area (Å²) in [6.07, 6.45) is 0. The highest BCUT2D eigenvalue weighted by Crippen LogP contribution is 2.27. The molecule has 98 valence electrons. The van der Waals surface area contributed by atoms with Crippen molar-refractivity contribution in [2.24, 2.45) is 0 Å². The summed E-state index contributed by atoms with van der Waals surface area (Å²) in [6, 6.07) is 12.2. The molecule has 5 nitrogen and oxygen atoms in total. The molecule has 0 aliphatic carbocycles. The maximum atomic E-state index is 10.9. The fourth-order valence-corrected chi connectivity index (χ4v) is 1.86. The average molecular weight is 278 g/mol. The van der Waals surface area contributed by atoms with Crippen LogP contribution in [-0.4, -0.2) is 9.91 Å². The van der Waals surface area contributed by atoms with Crippen molar-refractivity contribution < 1.29 is 4.92 Å². The van der Waals surface area contributed by atoms with Gasteiger partial charge in [-0.15, -0.1) is 0 Å². The van der Waals surface area contributed by atoms with E-state index in [1.807, 2.05) is 37.3 Å². The summed E-state index contributed by atoms with van der Waals surface area (Å²) in [4.78, 5) is 14.4. The Labute approximate surface area is 115 Å². The number of nitro groups is 1. The van der Waals surface area contributed by atoms with Gasteiger partial charge >= 0.3 is 5.69 Å². The smallest absolute Gasteiger partial charge is 0.311 e. The van der Waals surface area contributed by atoms with Crippen LogP contribution in [-0.2, 0) is 0 Å². The number of anilines is 1.